The van der Waals surface area contributed by atoms with Crippen molar-refractivity contribution in [2.45, 2.75) is 4.90 Å². The number of rotatable bonds is 3. The van der Waals surface area contributed by atoms with Crippen molar-refractivity contribution in [1.82, 2.24) is 0 Å². The van der Waals surface area contributed by atoms with Crippen LogP contribution in [-0.4, -0.2) is 17.3 Å². The third-order valence-electron chi connectivity index (χ3n) is 1.35. The Morgan fingerprint density at radius 3 is 2.77 bits per heavy atom. The van der Waals surface area contributed by atoms with Crippen LogP contribution in [0.5, 0.6) is 0 Å². The highest BCUT2D eigenvalue weighted by Crippen LogP contribution is 2.33. The molecule has 1 N–H and O–H groups in total. The Morgan fingerprint density at radius 2 is 2.23 bits per heavy atom. The lowest BCUT2D eigenvalue weighted by Gasteiger charge is -2.03. The van der Waals surface area contributed by atoms with Crippen LogP contribution in [0.2, 0.25) is 0 Å². The smallest absolute Gasteiger partial charge is 0.336 e. The lowest BCUT2D eigenvalue weighted by Crippen LogP contribution is -1.97. The first-order chi connectivity index (χ1) is 6.15. The molecule has 0 saturated carbocycles. The summed E-state index contributed by atoms with van der Waals surface area (Å²) in [6.07, 6.45) is 1.91. The van der Waals surface area contributed by atoms with Gasteiger partial charge >= 0.3 is 5.97 Å². The van der Waals surface area contributed by atoms with Crippen molar-refractivity contribution in [2.75, 3.05) is 6.26 Å². The molecule has 2 nitrogen and oxygen atoms in total. The molecule has 0 bridgehead atoms. The molecule has 13 heavy (non-hydrogen) atoms. The molecule has 1 rings (SSSR count). The molecule has 0 amide bonds. The van der Waals surface area contributed by atoms with Gasteiger partial charge in [0.2, 0.25) is 0 Å². The van der Waals surface area contributed by atoms with Gasteiger partial charge in [-0.15, -0.1) is 0 Å². The summed E-state index contributed by atoms with van der Waals surface area (Å²) in [4.78, 5) is 11.5. The van der Waals surface area contributed by atoms with E-state index >= 15 is 0 Å². The van der Waals surface area contributed by atoms with Gasteiger partial charge in [-0.2, -0.15) is 0 Å². The van der Waals surface area contributed by atoms with E-state index in [1.807, 2.05) is 12.3 Å². The normalized spacial score (nSPS) is 10.0. The predicted molar refractivity (Wildman–Crippen MR) is 60.5 cm³/mol. The maximum absolute atomic E-state index is 10.8. The third-order valence-corrected chi connectivity index (χ3v) is 3.56. The number of carboxylic acids is 1. The number of halogens is 1. The molecule has 0 radical (unpaired) electrons. The number of carbonyl (C=O) groups is 1. The maximum Gasteiger partial charge on any atom is 0.336 e. The summed E-state index contributed by atoms with van der Waals surface area (Å²) in [6.45, 7) is 0. The second kappa shape index (κ2) is 4.93. The van der Waals surface area contributed by atoms with E-state index in [9.17, 15) is 4.79 Å². The molecule has 0 unspecified atom stereocenters. The molecule has 0 saturated heterocycles. The fourth-order valence-corrected chi connectivity index (χ4v) is 2.90. The lowest BCUT2D eigenvalue weighted by atomic mass is 10.2. The summed E-state index contributed by atoms with van der Waals surface area (Å²) in [7, 11) is 2.98. The molecule has 0 heterocycles. The minimum Gasteiger partial charge on any atom is -0.478 e. The Morgan fingerprint density at radius 1 is 1.54 bits per heavy atom. The van der Waals surface area contributed by atoms with Gasteiger partial charge in [0.15, 0.2) is 0 Å². The van der Waals surface area contributed by atoms with Crippen molar-refractivity contribution in [1.29, 1.82) is 0 Å². The molecule has 0 aliphatic rings. The standard InChI is InChI=1S/C8H7BrO2S2/c1-12-13-7-4-5(9)2-3-6(7)8(10)11/h2-4H,1H3,(H,10,11). The molecular weight excluding hydrogens is 272 g/mol. The summed E-state index contributed by atoms with van der Waals surface area (Å²) < 4.78 is 0.897. The minimum atomic E-state index is -0.885. The van der Waals surface area contributed by atoms with E-state index in [-0.39, 0.29) is 0 Å². The molecule has 0 aliphatic heterocycles. The van der Waals surface area contributed by atoms with E-state index in [0.29, 0.717) is 5.56 Å². The van der Waals surface area contributed by atoms with Gasteiger partial charge < -0.3 is 5.11 Å². The van der Waals surface area contributed by atoms with Gasteiger partial charge in [0, 0.05) is 9.37 Å². The van der Waals surface area contributed by atoms with E-state index in [4.69, 9.17) is 5.11 Å². The van der Waals surface area contributed by atoms with Crippen LogP contribution in [0.1, 0.15) is 10.4 Å². The van der Waals surface area contributed by atoms with Crippen LogP contribution in [0, 0.1) is 0 Å². The predicted octanol–water partition coefficient (Wildman–Crippen LogP) is 3.52. The van der Waals surface area contributed by atoms with Gasteiger partial charge in [0.1, 0.15) is 0 Å². The minimum absolute atomic E-state index is 0.350. The highest BCUT2D eigenvalue weighted by molar-refractivity contribution is 9.10. The summed E-state index contributed by atoms with van der Waals surface area (Å²) in [5.41, 5.74) is 0.350. The first-order valence-electron chi connectivity index (χ1n) is 3.38. The average Bonchev–Trinajstić information content (AvgIpc) is 2.04. The van der Waals surface area contributed by atoms with Gasteiger partial charge in [-0.3, -0.25) is 0 Å². The van der Waals surface area contributed by atoms with Crippen molar-refractivity contribution in [3.63, 3.8) is 0 Å². The molecular formula is C8H7BrO2S2. The second-order valence-corrected chi connectivity index (χ2v) is 5.55. The fourth-order valence-electron chi connectivity index (χ4n) is 0.832. The molecule has 0 spiro atoms. The Kier molecular flexibility index (Phi) is 4.15. The van der Waals surface area contributed by atoms with Gasteiger partial charge in [0.05, 0.1) is 5.56 Å². The number of carboxylic acid groups (broad SMARTS) is 1. The third kappa shape index (κ3) is 2.93. The molecule has 0 atom stereocenters. The van der Waals surface area contributed by atoms with Gasteiger partial charge in [0.25, 0.3) is 0 Å². The lowest BCUT2D eigenvalue weighted by molar-refractivity contribution is 0.0693. The second-order valence-electron chi connectivity index (χ2n) is 2.20. The summed E-state index contributed by atoms with van der Waals surface area (Å²) >= 11 is 3.30. The highest BCUT2D eigenvalue weighted by Gasteiger charge is 2.09. The molecule has 0 fully saturated rings. The number of benzene rings is 1. The van der Waals surface area contributed by atoms with Crippen molar-refractivity contribution in [2.24, 2.45) is 0 Å². The number of aromatic carboxylic acids is 1. The summed E-state index contributed by atoms with van der Waals surface area (Å²) in [5, 5.41) is 8.85. The molecule has 0 aromatic heterocycles. The largest absolute Gasteiger partial charge is 0.478 e. The molecule has 1 aromatic rings. The Hall–Kier alpha value is -0.130. The fraction of sp³-hybridized carbons (Fsp3) is 0.125. The van der Waals surface area contributed by atoms with E-state index in [1.54, 1.807) is 12.1 Å². The average molecular weight is 279 g/mol. The SMILES string of the molecule is CSSc1cc(Br)ccc1C(=O)O. The molecule has 0 aliphatic carbocycles. The molecule has 1 aromatic carbocycles. The van der Waals surface area contributed by atoms with E-state index < -0.39 is 5.97 Å². The number of hydrogen-bond acceptors (Lipinski definition) is 3. The van der Waals surface area contributed by atoms with Gasteiger partial charge in [-0.25, -0.2) is 4.79 Å². The van der Waals surface area contributed by atoms with Crippen LogP contribution in [0.15, 0.2) is 27.6 Å². The molecule has 5 heteroatoms. The monoisotopic (exact) mass is 278 g/mol. The van der Waals surface area contributed by atoms with Crippen LogP contribution < -0.4 is 0 Å². The van der Waals surface area contributed by atoms with E-state index in [2.05, 4.69) is 15.9 Å². The Balaban J connectivity index is 3.10. The van der Waals surface area contributed by atoms with Crippen LogP contribution in [0.4, 0.5) is 0 Å². The molecule has 70 valence electrons. The number of hydrogen-bond donors (Lipinski definition) is 1. The van der Waals surface area contributed by atoms with E-state index in [1.165, 1.54) is 21.6 Å². The van der Waals surface area contributed by atoms with Crippen LogP contribution in [0.3, 0.4) is 0 Å². The van der Waals surface area contributed by atoms with Crippen molar-refractivity contribution >= 4 is 43.5 Å². The summed E-state index contributed by atoms with van der Waals surface area (Å²) in [6, 6.07) is 5.14. The summed E-state index contributed by atoms with van der Waals surface area (Å²) in [5.74, 6) is -0.885. The Labute approximate surface area is 92.6 Å². The zero-order chi connectivity index (χ0) is 9.84. The van der Waals surface area contributed by atoms with E-state index in [0.717, 1.165) is 9.37 Å². The van der Waals surface area contributed by atoms with Crippen LogP contribution in [-0.2, 0) is 0 Å². The van der Waals surface area contributed by atoms with Crippen molar-refractivity contribution in [3.8, 4) is 0 Å². The maximum atomic E-state index is 10.8. The quantitative estimate of drug-likeness (QED) is 0.859. The first kappa shape index (κ1) is 10.9. The highest BCUT2D eigenvalue weighted by atomic mass is 79.9. The topological polar surface area (TPSA) is 37.3 Å². The zero-order valence-corrected chi connectivity index (χ0v) is 10.0. The zero-order valence-electron chi connectivity index (χ0n) is 6.78. The van der Waals surface area contributed by atoms with Gasteiger partial charge in [-0.1, -0.05) is 37.5 Å². The van der Waals surface area contributed by atoms with Crippen molar-refractivity contribution < 1.29 is 9.90 Å². The van der Waals surface area contributed by atoms with Crippen LogP contribution >= 0.6 is 37.5 Å². The van der Waals surface area contributed by atoms with Crippen molar-refractivity contribution in [3.05, 3.63) is 28.2 Å². The van der Waals surface area contributed by atoms with Crippen LogP contribution in [0.25, 0.3) is 0 Å². The Bertz CT molecular complexity index is 328. The first-order valence-corrected chi connectivity index (χ1v) is 6.73. The van der Waals surface area contributed by atoms with Gasteiger partial charge in [-0.05, 0) is 24.5 Å².